The van der Waals surface area contributed by atoms with Crippen molar-refractivity contribution in [2.45, 2.75) is 24.2 Å². The Hall–Kier alpha value is -1.16. The van der Waals surface area contributed by atoms with E-state index in [0.717, 1.165) is 31.5 Å². The van der Waals surface area contributed by atoms with E-state index in [4.69, 9.17) is 4.74 Å². The van der Waals surface area contributed by atoms with Gasteiger partial charge in [-0.25, -0.2) is 4.79 Å². The van der Waals surface area contributed by atoms with Crippen LogP contribution in [0.1, 0.15) is 18.4 Å². The predicted octanol–water partition coefficient (Wildman–Crippen LogP) is 2.90. The molecule has 1 amide bonds. The Bertz CT molecular complexity index is 421. The van der Waals surface area contributed by atoms with E-state index in [0.29, 0.717) is 11.4 Å². The Morgan fingerprint density at radius 1 is 1.28 bits per heavy atom. The molecular formula is C14H17NO2S. The number of carbonyl (C=O) groups is 1. The average Bonchev–Trinajstić information content (AvgIpc) is 3.17. The molecular weight excluding hydrogens is 246 g/mol. The van der Waals surface area contributed by atoms with Crippen LogP contribution in [0.5, 0.6) is 0 Å². The second-order valence-electron chi connectivity index (χ2n) is 5.00. The standard InChI is InChI=1S/C14H17NO2S/c16-13(17-10-12-4-2-1-3-5-12)15-8-6-14(7-9-15)11-18-14/h1-5H,6-11H2. The zero-order valence-corrected chi connectivity index (χ0v) is 11.1. The number of thioether (sulfide) groups is 1. The molecule has 2 aliphatic rings. The van der Waals surface area contributed by atoms with E-state index in [9.17, 15) is 4.79 Å². The van der Waals surface area contributed by atoms with Crippen LogP contribution in [-0.2, 0) is 11.3 Å². The molecule has 3 rings (SSSR count). The Morgan fingerprint density at radius 3 is 2.56 bits per heavy atom. The first kappa shape index (κ1) is 11.9. The summed E-state index contributed by atoms with van der Waals surface area (Å²) in [6.45, 7) is 2.07. The molecule has 3 nitrogen and oxygen atoms in total. The molecule has 0 bridgehead atoms. The third-order valence-electron chi connectivity index (χ3n) is 3.69. The zero-order valence-electron chi connectivity index (χ0n) is 10.3. The summed E-state index contributed by atoms with van der Waals surface area (Å²) in [6, 6.07) is 9.82. The quantitative estimate of drug-likeness (QED) is 0.768. The summed E-state index contributed by atoms with van der Waals surface area (Å²) < 4.78 is 5.86. The van der Waals surface area contributed by atoms with Crippen molar-refractivity contribution in [2.24, 2.45) is 0 Å². The number of hydrogen-bond donors (Lipinski definition) is 0. The first-order valence-electron chi connectivity index (χ1n) is 6.37. The summed E-state index contributed by atoms with van der Waals surface area (Å²) in [5, 5.41) is 0. The van der Waals surface area contributed by atoms with Crippen molar-refractivity contribution in [3.8, 4) is 0 Å². The number of nitrogens with zero attached hydrogens (tertiary/aromatic N) is 1. The molecule has 0 unspecified atom stereocenters. The first-order valence-corrected chi connectivity index (χ1v) is 7.36. The lowest BCUT2D eigenvalue weighted by atomic mass is 9.99. The number of hydrogen-bond acceptors (Lipinski definition) is 3. The first-order chi connectivity index (χ1) is 8.77. The highest BCUT2D eigenvalue weighted by Gasteiger charge is 2.46. The molecule has 2 saturated heterocycles. The van der Waals surface area contributed by atoms with Crippen LogP contribution in [0.25, 0.3) is 0 Å². The van der Waals surface area contributed by atoms with Crippen LogP contribution in [0, 0.1) is 0 Å². The molecule has 18 heavy (non-hydrogen) atoms. The third-order valence-corrected chi connectivity index (χ3v) is 5.20. The monoisotopic (exact) mass is 263 g/mol. The lowest BCUT2D eigenvalue weighted by Gasteiger charge is -2.30. The minimum Gasteiger partial charge on any atom is -0.445 e. The fourth-order valence-electron chi connectivity index (χ4n) is 2.30. The van der Waals surface area contributed by atoms with Gasteiger partial charge in [0.05, 0.1) is 0 Å². The van der Waals surface area contributed by atoms with Gasteiger partial charge < -0.3 is 9.64 Å². The van der Waals surface area contributed by atoms with Crippen molar-refractivity contribution in [1.29, 1.82) is 0 Å². The Labute approximate surface area is 111 Å². The van der Waals surface area contributed by atoms with E-state index in [1.807, 2.05) is 47.0 Å². The molecule has 1 aromatic rings. The van der Waals surface area contributed by atoms with Gasteiger partial charge in [0.1, 0.15) is 6.61 Å². The molecule has 0 aliphatic carbocycles. The maximum atomic E-state index is 11.9. The van der Waals surface area contributed by atoms with Crippen LogP contribution in [0.15, 0.2) is 30.3 Å². The van der Waals surface area contributed by atoms with Crippen LogP contribution in [-0.4, -0.2) is 34.6 Å². The van der Waals surface area contributed by atoms with E-state index in [1.54, 1.807) is 0 Å². The van der Waals surface area contributed by atoms with Gasteiger partial charge in [0, 0.05) is 23.6 Å². The van der Waals surface area contributed by atoms with E-state index < -0.39 is 0 Å². The number of rotatable bonds is 2. The predicted molar refractivity (Wildman–Crippen MR) is 72.6 cm³/mol. The molecule has 0 N–H and O–H groups in total. The summed E-state index contributed by atoms with van der Waals surface area (Å²) in [5.74, 6) is 1.28. The van der Waals surface area contributed by atoms with E-state index in [1.165, 1.54) is 5.75 Å². The Balaban J connectivity index is 1.47. The maximum Gasteiger partial charge on any atom is 0.410 e. The molecule has 96 valence electrons. The summed E-state index contributed by atoms with van der Waals surface area (Å²) in [7, 11) is 0. The smallest absolute Gasteiger partial charge is 0.410 e. The molecule has 2 heterocycles. The Kier molecular flexibility index (Phi) is 3.20. The minimum atomic E-state index is -0.167. The zero-order chi connectivity index (χ0) is 12.4. The van der Waals surface area contributed by atoms with Crippen LogP contribution < -0.4 is 0 Å². The number of benzene rings is 1. The normalized spacial score (nSPS) is 20.8. The highest BCUT2D eigenvalue weighted by atomic mass is 32.2. The average molecular weight is 263 g/mol. The summed E-state index contributed by atoms with van der Waals surface area (Å²) >= 11 is 2.04. The fraction of sp³-hybridized carbons (Fsp3) is 0.500. The van der Waals surface area contributed by atoms with Gasteiger partial charge in [-0.05, 0) is 18.4 Å². The van der Waals surface area contributed by atoms with Crippen molar-refractivity contribution in [1.82, 2.24) is 4.90 Å². The third kappa shape index (κ3) is 2.64. The van der Waals surface area contributed by atoms with Crippen LogP contribution in [0.4, 0.5) is 4.79 Å². The molecule has 2 fully saturated rings. The minimum absolute atomic E-state index is 0.167. The molecule has 0 aromatic heterocycles. The molecule has 2 aliphatic heterocycles. The van der Waals surface area contributed by atoms with Gasteiger partial charge >= 0.3 is 6.09 Å². The summed E-state index contributed by atoms with van der Waals surface area (Å²) in [6.07, 6.45) is 2.08. The maximum absolute atomic E-state index is 11.9. The lowest BCUT2D eigenvalue weighted by Crippen LogP contribution is -2.41. The van der Waals surface area contributed by atoms with Gasteiger partial charge in [0.2, 0.25) is 0 Å². The van der Waals surface area contributed by atoms with E-state index >= 15 is 0 Å². The number of likely N-dealkylation sites (tertiary alicyclic amines) is 1. The molecule has 1 spiro atoms. The van der Waals surface area contributed by atoms with Crippen molar-refractivity contribution in [2.75, 3.05) is 18.8 Å². The van der Waals surface area contributed by atoms with Gasteiger partial charge in [-0.1, -0.05) is 30.3 Å². The second-order valence-corrected chi connectivity index (χ2v) is 6.44. The van der Waals surface area contributed by atoms with Crippen LogP contribution in [0.2, 0.25) is 0 Å². The molecule has 1 aromatic carbocycles. The van der Waals surface area contributed by atoms with Gasteiger partial charge in [0.25, 0.3) is 0 Å². The topological polar surface area (TPSA) is 29.5 Å². The van der Waals surface area contributed by atoms with E-state index in [2.05, 4.69) is 0 Å². The Morgan fingerprint density at radius 2 is 1.94 bits per heavy atom. The SMILES string of the molecule is O=C(OCc1ccccc1)N1CCC2(CC1)CS2. The van der Waals surface area contributed by atoms with Gasteiger partial charge in [-0.3, -0.25) is 0 Å². The number of ether oxygens (including phenoxy) is 1. The van der Waals surface area contributed by atoms with Crippen LogP contribution in [0.3, 0.4) is 0 Å². The largest absolute Gasteiger partial charge is 0.445 e. The highest BCUT2D eigenvalue weighted by molar-refractivity contribution is 8.07. The molecule has 0 atom stereocenters. The molecule has 0 radical (unpaired) electrons. The molecule has 4 heteroatoms. The van der Waals surface area contributed by atoms with Gasteiger partial charge in [-0.2, -0.15) is 11.8 Å². The van der Waals surface area contributed by atoms with Gasteiger partial charge in [0.15, 0.2) is 0 Å². The summed E-state index contributed by atoms with van der Waals surface area (Å²) in [5.41, 5.74) is 1.04. The second kappa shape index (κ2) is 4.84. The highest BCUT2D eigenvalue weighted by Crippen LogP contribution is 2.51. The molecule has 0 saturated carbocycles. The van der Waals surface area contributed by atoms with Crippen molar-refractivity contribution < 1.29 is 9.53 Å². The number of amides is 1. The van der Waals surface area contributed by atoms with Crippen molar-refractivity contribution in [3.05, 3.63) is 35.9 Å². The fourth-order valence-corrected chi connectivity index (χ4v) is 3.26. The van der Waals surface area contributed by atoms with E-state index in [-0.39, 0.29) is 6.09 Å². The van der Waals surface area contributed by atoms with Crippen molar-refractivity contribution >= 4 is 17.9 Å². The summed E-state index contributed by atoms with van der Waals surface area (Å²) in [4.78, 5) is 13.7. The van der Waals surface area contributed by atoms with Crippen LogP contribution >= 0.6 is 11.8 Å². The lowest BCUT2D eigenvalue weighted by molar-refractivity contribution is 0.0877. The number of piperidine rings is 1. The van der Waals surface area contributed by atoms with Crippen molar-refractivity contribution in [3.63, 3.8) is 0 Å². The number of carbonyl (C=O) groups excluding carboxylic acids is 1. The van der Waals surface area contributed by atoms with Gasteiger partial charge in [-0.15, -0.1) is 0 Å².